The lowest BCUT2D eigenvalue weighted by Crippen LogP contribution is -2.36. The summed E-state index contributed by atoms with van der Waals surface area (Å²) < 4.78 is 10.5. The van der Waals surface area contributed by atoms with E-state index >= 15 is 0 Å². The summed E-state index contributed by atoms with van der Waals surface area (Å²) in [5.41, 5.74) is 2.93. The zero-order chi connectivity index (χ0) is 13.9. The van der Waals surface area contributed by atoms with Crippen LogP contribution in [0.5, 0.6) is 0 Å². The number of morpholine rings is 1. The summed E-state index contributed by atoms with van der Waals surface area (Å²) >= 11 is 6.37. The third-order valence-electron chi connectivity index (χ3n) is 3.46. The van der Waals surface area contributed by atoms with Gasteiger partial charge in [0.05, 0.1) is 36.1 Å². The summed E-state index contributed by atoms with van der Waals surface area (Å²) in [7, 11) is 1.65. The van der Waals surface area contributed by atoms with Crippen LogP contribution in [0.4, 0.5) is 5.69 Å². The van der Waals surface area contributed by atoms with Crippen molar-refractivity contribution in [2.45, 2.75) is 6.61 Å². The Morgan fingerprint density at radius 1 is 1.30 bits per heavy atom. The molecule has 5 heteroatoms. The van der Waals surface area contributed by atoms with Gasteiger partial charge in [0.25, 0.3) is 0 Å². The van der Waals surface area contributed by atoms with Gasteiger partial charge in [-0.3, -0.25) is 4.98 Å². The van der Waals surface area contributed by atoms with Crippen molar-refractivity contribution < 1.29 is 9.47 Å². The number of ether oxygens (including phenoxy) is 2. The summed E-state index contributed by atoms with van der Waals surface area (Å²) in [4.78, 5) is 6.87. The average Bonchev–Trinajstić information content (AvgIpc) is 2.48. The van der Waals surface area contributed by atoms with Gasteiger partial charge in [-0.15, -0.1) is 0 Å². The van der Waals surface area contributed by atoms with E-state index in [1.54, 1.807) is 7.11 Å². The maximum atomic E-state index is 6.37. The zero-order valence-corrected chi connectivity index (χ0v) is 12.2. The van der Waals surface area contributed by atoms with Crippen molar-refractivity contribution in [2.75, 3.05) is 38.3 Å². The summed E-state index contributed by atoms with van der Waals surface area (Å²) in [5, 5.41) is 1.70. The van der Waals surface area contributed by atoms with Crippen molar-refractivity contribution in [1.29, 1.82) is 0 Å². The Morgan fingerprint density at radius 3 is 2.85 bits per heavy atom. The lowest BCUT2D eigenvalue weighted by Gasteiger charge is -2.29. The molecule has 20 heavy (non-hydrogen) atoms. The molecule has 0 N–H and O–H groups in total. The third kappa shape index (κ3) is 2.73. The number of methoxy groups -OCH3 is 1. The van der Waals surface area contributed by atoms with Gasteiger partial charge < -0.3 is 14.4 Å². The maximum Gasteiger partial charge on any atom is 0.0884 e. The van der Waals surface area contributed by atoms with Crippen molar-refractivity contribution in [3.8, 4) is 0 Å². The molecular formula is C15H17ClN2O2. The number of rotatable bonds is 3. The first-order valence-corrected chi connectivity index (χ1v) is 7.06. The molecule has 0 radical (unpaired) electrons. The smallest absolute Gasteiger partial charge is 0.0884 e. The van der Waals surface area contributed by atoms with E-state index in [0.717, 1.165) is 47.9 Å². The van der Waals surface area contributed by atoms with E-state index in [1.807, 2.05) is 12.1 Å². The van der Waals surface area contributed by atoms with Crippen molar-refractivity contribution in [3.05, 3.63) is 35.0 Å². The summed E-state index contributed by atoms with van der Waals surface area (Å²) in [6.45, 7) is 3.85. The fourth-order valence-electron chi connectivity index (χ4n) is 2.46. The minimum atomic E-state index is 0.473. The largest absolute Gasteiger partial charge is 0.378 e. The van der Waals surface area contributed by atoms with E-state index in [9.17, 15) is 0 Å². The maximum absolute atomic E-state index is 6.37. The Labute approximate surface area is 123 Å². The van der Waals surface area contributed by atoms with Crippen LogP contribution in [-0.4, -0.2) is 38.4 Å². The van der Waals surface area contributed by atoms with Crippen molar-refractivity contribution >= 4 is 28.2 Å². The molecule has 4 nitrogen and oxygen atoms in total. The van der Waals surface area contributed by atoms with Gasteiger partial charge in [0.15, 0.2) is 0 Å². The van der Waals surface area contributed by atoms with E-state index in [0.29, 0.717) is 6.61 Å². The van der Waals surface area contributed by atoms with Gasteiger partial charge in [0.2, 0.25) is 0 Å². The number of halogens is 1. The highest BCUT2D eigenvalue weighted by Crippen LogP contribution is 2.28. The third-order valence-corrected chi connectivity index (χ3v) is 3.78. The number of anilines is 1. The van der Waals surface area contributed by atoms with E-state index in [4.69, 9.17) is 21.1 Å². The minimum Gasteiger partial charge on any atom is -0.378 e. The molecule has 2 heterocycles. The summed E-state index contributed by atoms with van der Waals surface area (Å²) in [6, 6.07) is 8.09. The van der Waals surface area contributed by atoms with Crippen LogP contribution < -0.4 is 4.90 Å². The number of hydrogen-bond acceptors (Lipinski definition) is 4. The quantitative estimate of drug-likeness (QED) is 0.871. The van der Waals surface area contributed by atoms with Gasteiger partial charge in [-0.2, -0.15) is 0 Å². The molecule has 1 aromatic heterocycles. The number of aromatic nitrogens is 1. The van der Waals surface area contributed by atoms with E-state index in [1.165, 1.54) is 5.69 Å². The molecule has 1 aliphatic heterocycles. The highest BCUT2D eigenvalue weighted by atomic mass is 35.5. The Morgan fingerprint density at radius 2 is 2.10 bits per heavy atom. The van der Waals surface area contributed by atoms with Crippen molar-refractivity contribution in [3.63, 3.8) is 0 Å². The van der Waals surface area contributed by atoms with E-state index < -0.39 is 0 Å². The number of fused-ring (bicyclic) bond motifs is 1. The van der Waals surface area contributed by atoms with Crippen molar-refractivity contribution in [1.82, 2.24) is 4.98 Å². The van der Waals surface area contributed by atoms with Crippen molar-refractivity contribution in [2.24, 2.45) is 0 Å². The zero-order valence-electron chi connectivity index (χ0n) is 11.4. The Kier molecular flexibility index (Phi) is 4.05. The average molecular weight is 293 g/mol. The monoisotopic (exact) mass is 292 g/mol. The second-order valence-electron chi connectivity index (χ2n) is 4.83. The number of nitrogens with zero attached hydrogens (tertiary/aromatic N) is 2. The van der Waals surface area contributed by atoms with Gasteiger partial charge in [-0.25, -0.2) is 0 Å². The van der Waals surface area contributed by atoms with E-state index in [2.05, 4.69) is 22.0 Å². The Bertz CT molecular complexity index is 612. The molecule has 3 rings (SSSR count). The van der Waals surface area contributed by atoms with Gasteiger partial charge >= 0.3 is 0 Å². The second kappa shape index (κ2) is 5.95. The lowest BCUT2D eigenvalue weighted by molar-refractivity contribution is 0.122. The van der Waals surface area contributed by atoms with Gasteiger partial charge in [0, 0.05) is 31.3 Å². The molecular weight excluding hydrogens is 276 g/mol. The molecule has 106 valence electrons. The number of pyridine rings is 1. The standard InChI is InChI=1S/C15H17ClN2O2/c1-19-10-11-8-14(16)13-9-12(2-3-15(13)17-11)18-4-6-20-7-5-18/h2-3,8-9H,4-7,10H2,1H3. The fraction of sp³-hybridized carbons (Fsp3) is 0.400. The predicted molar refractivity (Wildman–Crippen MR) is 80.5 cm³/mol. The molecule has 1 aliphatic rings. The van der Waals surface area contributed by atoms with Crippen LogP contribution in [-0.2, 0) is 16.1 Å². The number of hydrogen-bond donors (Lipinski definition) is 0. The molecule has 2 aromatic rings. The molecule has 0 bridgehead atoms. The molecule has 0 spiro atoms. The van der Waals surface area contributed by atoms with Crippen LogP contribution in [0.15, 0.2) is 24.3 Å². The van der Waals surface area contributed by atoms with Gasteiger partial charge in [-0.1, -0.05) is 11.6 Å². The lowest BCUT2D eigenvalue weighted by atomic mass is 10.1. The topological polar surface area (TPSA) is 34.6 Å². The van der Waals surface area contributed by atoms with Crippen LogP contribution in [0.25, 0.3) is 10.9 Å². The summed E-state index contributed by atoms with van der Waals surface area (Å²) in [6.07, 6.45) is 0. The molecule has 0 aliphatic carbocycles. The Balaban J connectivity index is 1.98. The molecule has 0 saturated carbocycles. The first-order chi connectivity index (χ1) is 9.78. The molecule has 0 unspecified atom stereocenters. The highest BCUT2D eigenvalue weighted by Gasteiger charge is 2.13. The van der Waals surface area contributed by atoms with Crippen LogP contribution in [0, 0.1) is 0 Å². The highest BCUT2D eigenvalue weighted by molar-refractivity contribution is 6.35. The van der Waals surface area contributed by atoms with Crippen LogP contribution in [0.2, 0.25) is 5.02 Å². The first-order valence-electron chi connectivity index (χ1n) is 6.69. The Hall–Kier alpha value is -1.36. The van der Waals surface area contributed by atoms with Crippen LogP contribution >= 0.6 is 11.6 Å². The predicted octanol–water partition coefficient (Wildman–Crippen LogP) is 2.87. The van der Waals surface area contributed by atoms with Crippen LogP contribution in [0.3, 0.4) is 0 Å². The normalized spacial score (nSPS) is 15.8. The van der Waals surface area contributed by atoms with Crippen LogP contribution in [0.1, 0.15) is 5.69 Å². The minimum absolute atomic E-state index is 0.473. The molecule has 1 aromatic carbocycles. The molecule has 0 amide bonds. The first kappa shape index (κ1) is 13.6. The number of benzene rings is 1. The van der Waals surface area contributed by atoms with Gasteiger partial charge in [-0.05, 0) is 24.3 Å². The fourth-order valence-corrected chi connectivity index (χ4v) is 2.74. The molecule has 1 saturated heterocycles. The SMILES string of the molecule is COCc1cc(Cl)c2cc(N3CCOCC3)ccc2n1. The molecule has 1 fully saturated rings. The summed E-state index contributed by atoms with van der Waals surface area (Å²) in [5.74, 6) is 0. The second-order valence-corrected chi connectivity index (χ2v) is 5.24. The molecule has 0 atom stereocenters. The van der Waals surface area contributed by atoms with E-state index in [-0.39, 0.29) is 0 Å². The van der Waals surface area contributed by atoms with Gasteiger partial charge in [0.1, 0.15) is 0 Å².